The molecule has 0 aliphatic heterocycles. The molecule has 100 valence electrons. The number of hydrogen-bond acceptors (Lipinski definition) is 4. The highest BCUT2D eigenvalue weighted by molar-refractivity contribution is 7.09. The van der Waals surface area contributed by atoms with Crippen LogP contribution in [0.3, 0.4) is 0 Å². The molecule has 0 saturated heterocycles. The van der Waals surface area contributed by atoms with E-state index >= 15 is 0 Å². The molecule has 2 rings (SSSR count). The first-order chi connectivity index (χ1) is 9.09. The highest BCUT2D eigenvalue weighted by atomic mass is 32.1. The molecule has 0 saturated carbocycles. The van der Waals surface area contributed by atoms with Gasteiger partial charge in [0, 0.05) is 29.7 Å². The summed E-state index contributed by atoms with van der Waals surface area (Å²) in [6, 6.07) is 5.47. The minimum absolute atomic E-state index is 0.126. The van der Waals surface area contributed by atoms with Crippen LogP contribution in [0.1, 0.15) is 33.8 Å². The number of nitrogens with two attached hydrogens (primary N) is 1. The lowest BCUT2D eigenvalue weighted by Crippen LogP contribution is -2.28. The van der Waals surface area contributed by atoms with Gasteiger partial charge in [0.15, 0.2) is 0 Å². The van der Waals surface area contributed by atoms with E-state index in [4.69, 9.17) is 5.73 Å². The van der Waals surface area contributed by atoms with E-state index in [0.29, 0.717) is 17.8 Å². The smallest absolute Gasteiger partial charge is 0.253 e. The summed E-state index contributed by atoms with van der Waals surface area (Å²) in [6.45, 7) is 4.48. The molecule has 1 aromatic heterocycles. The summed E-state index contributed by atoms with van der Waals surface area (Å²) in [5, 5.41) is 5.88. The summed E-state index contributed by atoms with van der Waals surface area (Å²) < 4.78 is 0. The molecule has 0 aliphatic rings. The zero-order valence-corrected chi connectivity index (χ0v) is 11.8. The summed E-state index contributed by atoms with van der Waals surface area (Å²) >= 11 is 1.60. The maximum absolute atomic E-state index is 12.2. The summed E-state index contributed by atoms with van der Waals surface area (Å²) in [5.74, 6) is 0.0770. The molecule has 0 aliphatic carbocycles. The van der Waals surface area contributed by atoms with E-state index in [-0.39, 0.29) is 11.8 Å². The van der Waals surface area contributed by atoms with E-state index in [9.17, 15) is 4.79 Å². The van der Waals surface area contributed by atoms with E-state index in [0.717, 1.165) is 10.6 Å². The number of carbonyl (C=O) groups excluding carboxylic acids is 1. The van der Waals surface area contributed by atoms with Crippen molar-refractivity contribution in [2.24, 2.45) is 0 Å². The first-order valence-corrected chi connectivity index (χ1v) is 7.00. The molecule has 1 unspecified atom stereocenters. The largest absolute Gasteiger partial charge is 0.398 e. The van der Waals surface area contributed by atoms with Crippen molar-refractivity contribution in [1.82, 2.24) is 10.3 Å². The van der Waals surface area contributed by atoms with Gasteiger partial charge in [-0.2, -0.15) is 0 Å². The Bertz CT molecular complexity index is 546. The van der Waals surface area contributed by atoms with Gasteiger partial charge in [-0.1, -0.05) is 19.1 Å². The van der Waals surface area contributed by atoms with Gasteiger partial charge >= 0.3 is 0 Å². The van der Waals surface area contributed by atoms with Crippen molar-refractivity contribution in [3.05, 3.63) is 45.9 Å². The second-order valence-electron chi connectivity index (χ2n) is 4.52. The molecule has 1 atom stereocenters. The number of rotatable bonds is 4. The Morgan fingerprint density at radius 3 is 2.95 bits per heavy atom. The standard InChI is InChI=1S/C14H17N3OS/c1-9-4-3-5-11(15)12(9)13(18)17-8-10(2)14-16-6-7-19-14/h3-7,10H,8,15H2,1-2H3,(H,17,18). The second kappa shape index (κ2) is 5.84. The van der Waals surface area contributed by atoms with Gasteiger partial charge in [0.1, 0.15) is 0 Å². The minimum Gasteiger partial charge on any atom is -0.398 e. The molecule has 0 bridgehead atoms. The average Bonchev–Trinajstić information content (AvgIpc) is 2.89. The summed E-state index contributed by atoms with van der Waals surface area (Å²) in [6.07, 6.45) is 1.78. The van der Waals surface area contributed by atoms with E-state index < -0.39 is 0 Å². The van der Waals surface area contributed by atoms with Crippen molar-refractivity contribution in [2.75, 3.05) is 12.3 Å². The summed E-state index contributed by atoms with van der Waals surface area (Å²) in [5.41, 5.74) is 7.82. The SMILES string of the molecule is Cc1cccc(N)c1C(=O)NCC(C)c1nccs1. The quantitative estimate of drug-likeness (QED) is 0.843. The van der Waals surface area contributed by atoms with Crippen LogP contribution < -0.4 is 11.1 Å². The van der Waals surface area contributed by atoms with Gasteiger partial charge in [-0.15, -0.1) is 11.3 Å². The summed E-state index contributed by atoms with van der Waals surface area (Å²) in [7, 11) is 0. The Balaban J connectivity index is 2.02. The normalized spacial score (nSPS) is 12.1. The Kier molecular flexibility index (Phi) is 4.16. The number of aromatic nitrogens is 1. The zero-order chi connectivity index (χ0) is 13.8. The third kappa shape index (κ3) is 3.12. The molecule has 1 heterocycles. The zero-order valence-electron chi connectivity index (χ0n) is 11.0. The molecular weight excluding hydrogens is 258 g/mol. The predicted molar refractivity (Wildman–Crippen MR) is 78.5 cm³/mol. The molecule has 1 aromatic carbocycles. The molecule has 5 heteroatoms. The van der Waals surface area contributed by atoms with Crippen molar-refractivity contribution in [3.8, 4) is 0 Å². The van der Waals surface area contributed by atoms with Crippen LogP contribution in [0.2, 0.25) is 0 Å². The molecule has 19 heavy (non-hydrogen) atoms. The maximum Gasteiger partial charge on any atom is 0.253 e. The lowest BCUT2D eigenvalue weighted by Gasteiger charge is -2.12. The van der Waals surface area contributed by atoms with Gasteiger partial charge in [-0.3, -0.25) is 4.79 Å². The van der Waals surface area contributed by atoms with Crippen LogP contribution in [0.4, 0.5) is 5.69 Å². The number of amides is 1. The Morgan fingerprint density at radius 1 is 1.53 bits per heavy atom. The Morgan fingerprint density at radius 2 is 2.32 bits per heavy atom. The number of carbonyl (C=O) groups is 1. The number of anilines is 1. The third-order valence-corrected chi connectivity index (χ3v) is 3.98. The van der Waals surface area contributed by atoms with Crippen LogP contribution in [0.5, 0.6) is 0 Å². The van der Waals surface area contributed by atoms with Crippen LogP contribution in [-0.2, 0) is 0 Å². The molecule has 3 N–H and O–H groups in total. The fraction of sp³-hybridized carbons (Fsp3) is 0.286. The number of hydrogen-bond donors (Lipinski definition) is 2. The second-order valence-corrected chi connectivity index (χ2v) is 5.45. The highest BCUT2D eigenvalue weighted by Crippen LogP contribution is 2.18. The summed E-state index contributed by atoms with van der Waals surface area (Å²) in [4.78, 5) is 16.4. The van der Waals surface area contributed by atoms with Crippen molar-refractivity contribution in [2.45, 2.75) is 19.8 Å². The van der Waals surface area contributed by atoms with Gasteiger partial charge in [-0.25, -0.2) is 4.98 Å². The molecule has 4 nitrogen and oxygen atoms in total. The Hall–Kier alpha value is -1.88. The van der Waals surface area contributed by atoms with E-state index in [1.165, 1.54) is 0 Å². The van der Waals surface area contributed by atoms with Crippen LogP contribution in [0, 0.1) is 6.92 Å². The average molecular weight is 275 g/mol. The Labute approximate surface area is 116 Å². The van der Waals surface area contributed by atoms with Gasteiger partial charge in [0.25, 0.3) is 5.91 Å². The van der Waals surface area contributed by atoms with Crippen molar-refractivity contribution >= 4 is 22.9 Å². The monoisotopic (exact) mass is 275 g/mol. The predicted octanol–water partition coefficient (Wildman–Crippen LogP) is 2.57. The first kappa shape index (κ1) is 13.5. The van der Waals surface area contributed by atoms with Gasteiger partial charge in [0.2, 0.25) is 0 Å². The molecular formula is C14H17N3OS. The van der Waals surface area contributed by atoms with Crippen LogP contribution in [0.15, 0.2) is 29.8 Å². The van der Waals surface area contributed by atoms with Crippen LogP contribution in [-0.4, -0.2) is 17.4 Å². The topological polar surface area (TPSA) is 68.0 Å². The maximum atomic E-state index is 12.2. The number of benzene rings is 1. The fourth-order valence-electron chi connectivity index (χ4n) is 1.90. The number of nitrogens with one attached hydrogen (secondary N) is 1. The van der Waals surface area contributed by atoms with E-state index in [1.54, 1.807) is 23.6 Å². The first-order valence-electron chi connectivity index (χ1n) is 6.12. The van der Waals surface area contributed by atoms with Crippen molar-refractivity contribution < 1.29 is 4.79 Å². The molecule has 0 fully saturated rings. The molecule has 1 amide bonds. The lowest BCUT2D eigenvalue weighted by atomic mass is 10.1. The van der Waals surface area contributed by atoms with E-state index in [2.05, 4.69) is 10.3 Å². The number of nitrogens with zero attached hydrogens (tertiary/aromatic N) is 1. The fourth-order valence-corrected chi connectivity index (χ4v) is 2.60. The van der Waals surface area contributed by atoms with Crippen molar-refractivity contribution in [3.63, 3.8) is 0 Å². The molecule has 2 aromatic rings. The molecule has 0 radical (unpaired) electrons. The van der Waals surface area contributed by atoms with Gasteiger partial charge in [-0.05, 0) is 18.6 Å². The minimum atomic E-state index is -0.126. The van der Waals surface area contributed by atoms with Crippen LogP contribution in [0.25, 0.3) is 0 Å². The lowest BCUT2D eigenvalue weighted by molar-refractivity contribution is 0.0952. The van der Waals surface area contributed by atoms with Gasteiger partial charge < -0.3 is 11.1 Å². The number of nitrogen functional groups attached to an aromatic ring is 1. The molecule has 0 spiro atoms. The highest BCUT2D eigenvalue weighted by Gasteiger charge is 2.14. The third-order valence-electron chi connectivity index (χ3n) is 2.97. The number of aryl methyl sites for hydroxylation is 1. The van der Waals surface area contributed by atoms with Crippen molar-refractivity contribution in [1.29, 1.82) is 0 Å². The van der Waals surface area contributed by atoms with Crippen LogP contribution >= 0.6 is 11.3 Å². The van der Waals surface area contributed by atoms with Gasteiger partial charge in [0.05, 0.1) is 10.6 Å². The van der Waals surface area contributed by atoms with E-state index in [1.807, 2.05) is 31.4 Å². The number of thiazole rings is 1.